The summed E-state index contributed by atoms with van der Waals surface area (Å²) < 4.78 is 28.2. The van der Waals surface area contributed by atoms with Crippen LogP contribution in [0.25, 0.3) is 0 Å². The van der Waals surface area contributed by atoms with Crippen molar-refractivity contribution < 1.29 is 23.1 Å². The van der Waals surface area contributed by atoms with Crippen LogP contribution < -0.4 is 10.0 Å². The van der Waals surface area contributed by atoms with E-state index in [1.54, 1.807) is 13.0 Å². The largest absolute Gasteiger partial charge is 0.480 e. The van der Waals surface area contributed by atoms with E-state index in [1.807, 2.05) is 13.8 Å². The van der Waals surface area contributed by atoms with Gasteiger partial charge in [-0.1, -0.05) is 32.8 Å². The maximum Gasteiger partial charge on any atom is 0.326 e. The van der Waals surface area contributed by atoms with Crippen LogP contribution in [0, 0.1) is 12.8 Å². The molecule has 1 atom stereocenters. The van der Waals surface area contributed by atoms with Crippen LogP contribution in [0.1, 0.15) is 61.9 Å². The third kappa shape index (κ3) is 5.77. The summed E-state index contributed by atoms with van der Waals surface area (Å²) in [5, 5.41) is 11.8. The van der Waals surface area contributed by atoms with E-state index in [4.69, 9.17) is 0 Å². The molecule has 0 aliphatic heterocycles. The average molecular weight is 397 g/mol. The second-order valence-corrected chi connectivity index (χ2v) is 9.26. The summed E-state index contributed by atoms with van der Waals surface area (Å²) >= 11 is 0. The van der Waals surface area contributed by atoms with E-state index in [1.165, 1.54) is 12.1 Å². The second-order valence-electron chi connectivity index (χ2n) is 7.58. The van der Waals surface area contributed by atoms with Gasteiger partial charge in [0.1, 0.15) is 6.04 Å². The summed E-state index contributed by atoms with van der Waals surface area (Å²) in [7, 11) is -3.74. The number of benzene rings is 1. The zero-order valence-corrected chi connectivity index (χ0v) is 16.8. The van der Waals surface area contributed by atoms with Crippen LogP contribution in [-0.2, 0) is 14.8 Å². The van der Waals surface area contributed by atoms with Gasteiger partial charge in [-0.3, -0.25) is 4.79 Å². The van der Waals surface area contributed by atoms with E-state index in [0.717, 1.165) is 25.7 Å². The molecule has 1 aromatic rings. The molecule has 1 fully saturated rings. The van der Waals surface area contributed by atoms with Crippen LogP contribution in [0.3, 0.4) is 0 Å². The molecule has 0 unspecified atom stereocenters. The van der Waals surface area contributed by atoms with E-state index in [-0.39, 0.29) is 22.4 Å². The summed E-state index contributed by atoms with van der Waals surface area (Å²) in [4.78, 5) is 23.9. The highest BCUT2D eigenvalue weighted by Gasteiger charge is 2.26. The van der Waals surface area contributed by atoms with Gasteiger partial charge < -0.3 is 10.4 Å². The van der Waals surface area contributed by atoms with E-state index in [9.17, 15) is 23.1 Å². The lowest BCUT2D eigenvalue weighted by molar-refractivity contribution is -0.139. The van der Waals surface area contributed by atoms with Gasteiger partial charge in [0, 0.05) is 11.6 Å². The Morgan fingerprint density at radius 2 is 1.85 bits per heavy atom. The van der Waals surface area contributed by atoms with E-state index >= 15 is 0 Å². The topological polar surface area (TPSA) is 113 Å². The number of carboxylic acid groups (broad SMARTS) is 1. The number of hydrogen-bond acceptors (Lipinski definition) is 4. The molecule has 0 radical (unpaired) electrons. The smallest absolute Gasteiger partial charge is 0.326 e. The SMILES string of the molecule is Cc1ccc(C(=O)N[C@@H](CC(C)C)C(=O)O)cc1S(=O)(=O)NC1CCCC1. The summed E-state index contributed by atoms with van der Waals surface area (Å²) in [6.07, 6.45) is 3.92. The third-order valence-electron chi connectivity index (χ3n) is 4.73. The fourth-order valence-corrected chi connectivity index (χ4v) is 4.87. The molecule has 150 valence electrons. The lowest BCUT2D eigenvalue weighted by Crippen LogP contribution is -2.41. The van der Waals surface area contributed by atoms with Gasteiger partial charge in [0.25, 0.3) is 5.91 Å². The van der Waals surface area contributed by atoms with E-state index in [2.05, 4.69) is 10.0 Å². The van der Waals surface area contributed by atoms with Crippen molar-refractivity contribution in [2.45, 2.75) is 69.9 Å². The number of sulfonamides is 1. The maximum absolute atomic E-state index is 12.7. The maximum atomic E-state index is 12.7. The molecule has 1 aliphatic rings. The first kappa shape index (κ1) is 21.4. The molecule has 1 aromatic carbocycles. The van der Waals surface area contributed by atoms with Crippen LogP contribution in [0.5, 0.6) is 0 Å². The Morgan fingerprint density at radius 1 is 1.22 bits per heavy atom. The average Bonchev–Trinajstić information content (AvgIpc) is 3.06. The van der Waals surface area contributed by atoms with Crippen molar-refractivity contribution >= 4 is 21.9 Å². The fourth-order valence-electron chi connectivity index (χ4n) is 3.29. The molecule has 3 N–H and O–H groups in total. The van der Waals surface area contributed by atoms with E-state index < -0.39 is 27.9 Å². The van der Waals surface area contributed by atoms with Crippen molar-refractivity contribution in [2.75, 3.05) is 0 Å². The summed E-state index contributed by atoms with van der Waals surface area (Å²) in [6, 6.07) is 3.30. The molecule has 7 nitrogen and oxygen atoms in total. The molecular weight excluding hydrogens is 368 g/mol. The van der Waals surface area contributed by atoms with Gasteiger partial charge >= 0.3 is 5.97 Å². The fraction of sp³-hybridized carbons (Fsp3) is 0.579. The number of nitrogens with one attached hydrogen (secondary N) is 2. The van der Waals surface area contributed by atoms with Crippen LogP contribution in [-0.4, -0.2) is 37.5 Å². The minimum absolute atomic E-state index is 0.0535. The predicted molar refractivity (Wildman–Crippen MR) is 102 cm³/mol. The first-order valence-electron chi connectivity index (χ1n) is 9.27. The molecule has 1 saturated carbocycles. The number of carbonyl (C=O) groups excluding carboxylic acids is 1. The molecule has 0 aromatic heterocycles. The van der Waals surface area contributed by atoms with Crippen LogP contribution in [0.4, 0.5) is 0 Å². The molecule has 0 bridgehead atoms. The zero-order valence-electron chi connectivity index (χ0n) is 16.0. The number of hydrogen-bond donors (Lipinski definition) is 3. The number of amides is 1. The lowest BCUT2D eigenvalue weighted by atomic mass is 10.0. The Kier molecular flexibility index (Phi) is 7.00. The van der Waals surface area contributed by atoms with Crippen molar-refractivity contribution in [2.24, 2.45) is 5.92 Å². The minimum Gasteiger partial charge on any atom is -0.480 e. The number of aliphatic carboxylic acids is 1. The van der Waals surface area contributed by atoms with Gasteiger partial charge in [-0.2, -0.15) is 0 Å². The predicted octanol–water partition coefficient (Wildman–Crippen LogP) is 2.45. The minimum atomic E-state index is -3.74. The highest BCUT2D eigenvalue weighted by atomic mass is 32.2. The number of carboxylic acids is 1. The summed E-state index contributed by atoms with van der Waals surface area (Å²) in [5.74, 6) is -1.61. The number of aryl methyl sites for hydroxylation is 1. The Morgan fingerprint density at radius 3 is 2.41 bits per heavy atom. The third-order valence-corrected chi connectivity index (χ3v) is 6.39. The first-order valence-corrected chi connectivity index (χ1v) is 10.7. The molecule has 0 spiro atoms. The first-order chi connectivity index (χ1) is 12.6. The molecule has 27 heavy (non-hydrogen) atoms. The zero-order chi connectivity index (χ0) is 20.2. The highest BCUT2D eigenvalue weighted by Crippen LogP contribution is 2.23. The van der Waals surface area contributed by atoms with E-state index in [0.29, 0.717) is 12.0 Å². The Labute approximate surface area is 160 Å². The Hall–Kier alpha value is -1.93. The van der Waals surface area contributed by atoms with Crippen molar-refractivity contribution in [3.63, 3.8) is 0 Å². The quantitative estimate of drug-likeness (QED) is 0.625. The lowest BCUT2D eigenvalue weighted by Gasteiger charge is -2.18. The monoisotopic (exact) mass is 396 g/mol. The molecular formula is C19H28N2O5S. The van der Waals surface area contributed by atoms with Crippen molar-refractivity contribution in [1.29, 1.82) is 0 Å². The molecule has 1 aliphatic carbocycles. The van der Waals surface area contributed by atoms with Gasteiger partial charge in [0.15, 0.2) is 0 Å². The summed E-state index contributed by atoms with van der Waals surface area (Å²) in [5.41, 5.74) is 0.663. The van der Waals surface area contributed by atoms with Crippen molar-refractivity contribution in [3.05, 3.63) is 29.3 Å². The normalized spacial score (nSPS) is 16.4. The molecule has 0 saturated heterocycles. The molecule has 8 heteroatoms. The molecule has 2 rings (SSSR count). The number of carbonyl (C=O) groups is 2. The van der Waals surface area contributed by atoms with Gasteiger partial charge in [0.05, 0.1) is 4.90 Å². The summed E-state index contributed by atoms with van der Waals surface area (Å²) in [6.45, 7) is 5.41. The Bertz CT molecular complexity index is 798. The van der Waals surface area contributed by atoms with Crippen LogP contribution in [0.15, 0.2) is 23.1 Å². The number of rotatable bonds is 8. The van der Waals surface area contributed by atoms with Crippen LogP contribution in [0.2, 0.25) is 0 Å². The van der Waals surface area contributed by atoms with Gasteiger partial charge in [-0.25, -0.2) is 17.9 Å². The van der Waals surface area contributed by atoms with Gasteiger partial charge in [-0.05, 0) is 49.8 Å². The van der Waals surface area contributed by atoms with Crippen molar-refractivity contribution in [1.82, 2.24) is 10.0 Å². The highest BCUT2D eigenvalue weighted by molar-refractivity contribution is 7.89. The van der Waals surface area contributed by atoms with Gasteiger partial charge in [-0.15, -0.1) is 0 Å². The Balaban J connectivity index is 2.22. The van der Waals surface area contributed by atoms with Crippen LogP contribution >= 0.6 is 0 Å². The van der Waals surface area contributed by atoms with Gasteiger partial charge in [0.2, 0.25) is 10.0 Å². The second kappa shape index (κ2) is 8.84. The van der Waals surface area contributed by atoms with Crippen molar-refractivity contribution in [3.8, 4) is 0 Å². The standard InChI is InChI=1S/C19H28N2O5S/c1-12(2)10-16(19(23)24)20-18(22)14-9-8-13(3)17(11-14)27(25,26)21-15-6-4-5-7-15/h8-9,11-12,15-16,21H,4-7,10H2,1-3H3,(H,20,22)(H,23,24)/t16-/m0/s1. The molecule has 1 amide bonds. The molecule has 0 heterocycles.